The average Bonchev–Trinajstić information content (AvgIpc) is 2.17. The lowest BCUT2D eigenvalue weighted by atomic mass is 10.0. The largest absolute Gasteiger partial charge is 0.259 e. The van der Waals surface area contributed by atoms with Crippen molar-refractivity contribution >= 4 is 11.6 Å². The summed E-state index contributed by atoms with van der Waals surface area (Å²) in [6.45, 7) is 6.49. The number of hydrogen-bond donors (Lipinski definition) is 0. The molecule has 0 fully saturated rings. The van der Waals surface area contributed by atoms with Gasteiger partial charge in [0.15, 0.2) is 0 Å². The summed E-state index contributed by atoms with van der Waals surface area (Å²) in [5, 5.41) is 0.823. The predicted octanol–water partition coefficient (Wildman–Crippen LogP) is 3.95. The molecule has 0 radical (unpaired) electrons. The summed E-state index contributed by atoms with van der Waals surface area (Å²) in [6, 6.07) is 0. The number of nitrogens with zero attached hydrogens (tertiary/aromatic N) is 1. The molecule has 78 valence electrons. The lowest BCUT2D eigenvalue weighted by Crippen LogP contribution is -1.99. The quantitative estimate of drug-likeness (QED) is 0.735. The molecule has 2 heteroatoms. The van der Waals surface area contributed by atoms with Crippen LogP contribution in [0.4, 0.5) is 0 Å². The van der Waals surface area contributed by atoms with Crippen molar-refractivity contribution in [1.29, 1.82) is 0 Å². The highest BCUT2D eigenvalue weighted by atomic mass is 35.5. The first-order chi connectivity index (χ1) is 6.70. The van der Waals surface area contributed by atoms with Crippen LogP contribution in [-0.4, -0.2) is 4.98 Å². The van der Waals surface area contributed by atoms with Gasteiger partial charge in [0.05, 0.1) is 5.02 Å². The normalized spacial score (nSPS) is 10.6. The van der Waals surface area contributed by atoms with E-state index in [4.69, 9.17) is 11.6 Å². The van der Waals surface area contributed by atoms with Crippen LogP contribution in [0, 0.1) is 6.92 Å². The van der Waals surface area contributed by atoms with Gasteiger partial charge in [-0.1, -0.05) is 38.3 Å². The first-order valence-electron chi connectivity index (χ1n) is 5.33. The minimum Gasteiger partial charge on any atom is -0.259 e. The van der Waals surface area contributed by atoms with Crippen LogP contribution in [0.25, 0.3) is 0 Å². The van der Waals surface area contributed by atoms with Crippen molar-refractivity contribution < 1.29 is 0 Å². The molecule has 0 atom stereocenters. The first kappa shape index (κ1) is 11.5. The molecule has 0 N–H and O–H groups in total. The van der Waals surface area contributed by atoms with E-state index in [-0.39, 0.29) is 0 Å². The number of rotatable bonds is 4. The van der Waals surface area contributed by atoms with Gasteiger partial charge < -0.3 is 0 Å². The second-order valence-electron chi connectivity index (χ2n) is 3.66. The standard InChI is InChI=1S/C12H18ClN/c1-4-6-10-9(3)12(7-5-2)14-8-11(10)13/h8H,4-7H2,1-3H3. The Morgan fingerprint density at radius 1 is 1.21 bits per heavy atom. The van der Waals surface area contributed by atoms with Crippen molar-refractivity contribution in [2.75, 3.05) is 0 Å². The summed E-state index contributed by atoms with van der Waals surface area (Å²) in [7, 11) is 0. The third kappa shape index (κ3) is 2.48. The van der Waals surface area contributed by atoms with E-state index in [0.717, 1.165) is 30.7 Å². The van der Waals surface area contributed by atoms with Crippen molar-refractivity contribution in [1.82, 2.24) is 4.98 Å². The average molecular weight is 212 g/mol. The zero-order valence-electron chi connectivity index (χ0n) is 9.23. The molecule has 14 heavy (non-hydrogen) atoms. The van der Waals surface area contributed by atoms with Crippen molar-refractivity contribution in [3.8, 4) is 0 Å². The third-order valence-corrected chi connectivity index (χ3v) is 2.82. The summed E-state index contributed by atoms with van der Waals surface area (Å²) in [5.41, 5.74) is 3.79. The highest BCUT2D eigenvalue weighted by Gasteiger charge is 2.08. The van der Waals surface area contributed by atoms with Gasteiger partial charge in [0, 0.05) is 11.9 Å². The van der Waals surface area contributed by atoms with E-state index >= 15 is 0 Å². The molecule has 0 saturated heterocycles. The van der Waals surface area contributed by atoms with Gasteiger partial charge >= 0.3 is 0 Å². The van der Waals surface area contributed by atoms with E-state index in [1.807, 2.05) is 0 Å². The Bertz CT molecular complexity index is 307. The molecule has 0 spiro atoms. The molecule has 1 aromatic heterocycles. The maximum absolute atomic E-state index is 6.12. The highest BCUT2D eigenvalue weighted by molar-refractivity contribution is 6.31. The molecule has 0 aliphatic heterocycles. The van der Waals surface area contributed by atoms with Crippen LogP contribution in [0.1, 0.15) is 43.5 Å². The summed E-state index contributed by atoms with van der Waals surface area (Å²) in [4.78, 5) is 4.38. The Labute approximate surface area is 91.5 Å². The Morgan fingerprint density at radius 3 is 2.43 bits per heavy atom. The molecule has 0 saturated carbocycles. The van der Waals surface area contributed by atoms with Gasteiger partial charge in [0.25, 0.3) is 0 Å². The second kappa shape index (κ2) is 5.35. The van der Waals surface area contributed by atoms with Crippen molar-refractivity contribution in [2.45, 2.75) is 46.5 Å². The minimum absolute atomic E-state index is 0.823. The monoisotopic (exact) mass is 211 g/mol. The number of halogens is 1. The fourth-order valence-corrected chi connectivity index (χ4v) is 1.99. The van der Waals surface area contributed by atoms with Gasteiger partial charge in [0.1, 0.15) is 0 Å². The topological polar surface area (TPSA) is 12.9 Å². The maximum atomic E-state index is 6.12. The molecule has 1 nitrogen and oxygen atoms in total. The molecular weight excluding hydrogens is 194 g/mol. The van der Waals surface area contributed by atoms with Gasteiger partial charge in [0.2, 0.25) is 0 Å². The molecule has 0 aliphatic rings. The Morgan fingerprint density at radius 2 is 1.86 bits per heavy atom. The van der Waals surface area contributed by atoms with E-state index in [1.165, 1.54) is 16.8 Å². The second-order valence-corrected chi connectivity index (χ2v) is 4.06. The van der Waals surface area contributed by atoms with Gasteiger partial charge in [-0.05, 0) is 30.9 Å². The van der Waals surface area contributed by atoms with E-state index in [9.17, 15) is 0 Å². The molecule has 0 bridgehead atoms. The minimum atomic E-state index is 0.823. The molecule has 0 unspecified atom stereocenters. The van der Waals surface area contributed by atoms with Crippen LogP contribution in [0.5, 0.6) is 0 Å². The number of pyridine rings is 1. The highest BCUT2D eigenvalue weighted by Crippen LogP contribution is 2.23. The van der Waals surface area contributed by atoms with Gasteiger partial charge in [-0.2, -0.15) is 0 Å². The first-order valence-corrected chi connectivity index (χ1v) is 5.71. The smallest absolute Gasteiger partial charge is 0.0624 e. The lowest BCUT2D eigenvalue weighted by molar-refractivity contribution is 0.846. The molecular formula is C12H18ClN. The van der Waals surface area contributed by atoms with Crippen molar-refractivity contribution in [3.63, 3.8) is 0 Å². The molecule has 0 aromatic carbocycles. The molecule has 1 heterocycles. The van der Waals surface area contributed by atoms with Gasteiger partial charge in [-0.3, -0.25) is 4.98 Å². The Hall–Kier alpha value is -0.560. The van der Waals surface area contributed by atoms with Crippen LogP contribution in [0.15, 0.2) is 6.20 Å². The molecule has 1 aromatic rings. The summed E-state index contributed by atoms with van der Waals surface area (Å²) in [5.74, 6) is 0. The Kier molecular flexibility index (Phi) is 4.40. The molecule has 0 amide bonds. The van der Waals surface area contributed by atoms with Crippen LogP contribution >= 0.6 is 11.6 Å². The summed E-state index contributed by atoms with van der Waals surface area (Å²) >= 11 is 6.12. The molecule has 0 aliphatic carbocycles. The van der Waals surface area contributed by atoms with Crippen molar-refractivity contribution in [3.05, 3.63) is 28.0 Å². The lowest BCUT2D eigenvalue weighted by Gasteiger charge is -2.10. The fraction of sp³-hybridized carbons (Fsp3) is 0.583. The number of hydrogen-bond acceptors (Lipinski definition) is 1. The van der Waals surface area contributed by atoms with Crippen molar-refractivity contribution in [2.24, 2.45) is 0 Å². The predicted molar refractivity (Wildman–Crippen MR) is 62.0 cm³/mol. The number of aryl methyl sites for hydroxylation is 1. The van der Waals surface area contributed by atoms with Crippen LogP contribution in [-0.2, 0) is 12.8 Å². The Balaban J connectivity index is 3.05. The van der Waals surface area contributed by atoms with Crippen LogP contribution < -0.4 is 0 Å². The zero-order chi connectivity index (χ0) is 10.6. The van der Waals surface area contributed by atoms with Crippen LogP contribution in [0.3, 0.4) is 0 Å². The van der Waals surface area contributed by atoms with E-state index in [1.54, 1.807) is 6.20 Å². The molecule has 1 rings (SSSR count). The summed E-state index contributed by atoms with van der Waals surface area (Å²) < 4.78 is 0. The SMILES string of the molecule is CCCc1ncc(Cl)c(CCC)c1C. The van der Waals surface area contributed by atoms with Gasteiger partial charge in [-0.25, -0.2) is 0 Å². The summed E-state index contributed by atoms with van der Waals surface area (Å²) in [6.07, 6.45) is 6.19. The van der Waals surface area contributed by atoms with Crippen LogP contribution in [0.2, 0.25) is 5.02 Å². The third-order valence-electron chi connectivity index (χ3n) is 2.49. The van der Waals surface area contributed by atoms with Gasteiger partial charge in [-0.15, -0.1) is 0 Å². The maximum Gasteiger partial charge on any atom is 0.0624 e. The number of aromatic nitrogens is 1. The van der Waals surface area contributed by atoms with E-state index < -0.39 is 0 Å². The van der Waals surface area contributed by atoms with E-state index in [2.05, 4.69) is 25.8 Å². The fourth-order valence-electron chi connectivity index (χ4n) is 1.71. The van der Waals surface area contributed by atoms with E-state index in [0.29, 0.717) is 0 Å². The zero-order valence-corrected chi connectivity index (χ0v) is 9.99.